The molecule has 6 heteroatoms. The molecule has 24 rings (SSSR count). The molecule has 0 amide bonds. The Kier molecular flexibility index (Phi) is 17.5. The topological polar surface area (TPSA) is 28.2 Å². The first-order chi connectivity index (χ1) is 62.7. The summed E-state index contributed by atoms with van der Waals surface area (Å²) in [7, 11) is 0. The first kappa shape index (κ1) is 77.6. The van der Waals surface area contributed by atoms with Crippen molar-refractivity contribution >= 4 is 74.3 Å². The first-order valence-corrected chi connectivity index (χ1v) is 45.5. The third kappa shape index (κ3) is 12.0. The monoisotopic (exact) mass is 1660 g/mol. The molecule has 0 saturated carbocycles. The molecule has 5 heterocycles. The van der Waals surface area contributed by atoms with E-state index in [9.17, 15) is 0 Å². The lowest BCUT2D eigenvalue weighted by atomic mass is 9.33. The zero-order valence-electron chi connectivity index (χ0n) is 74.3. The van der Waals surface area contributed by atoms with Crippen molar-refractivity contribution in [3.8, 4) is 112 Å². The van der Waals surface area contributed by atoms with E-state index in [1.807, 2.05) is 0 Å². The molecule has 1 aliphatic carbocycles. The van der Waals surface area contributed by atoms with Crippen molar-refractivity contribution in [2.75, 3.05) is 14.7 Å². The highest BCUT2D eigenvalue weighted by molar-refractivity contribution is 7.00. The molecule has 0 aromatic heterocycles. The number of para-hydroxylation sites is 4. The highest BCUT2D eigenvalue weighted by atomic mass is 16.5. The van der Waals surface area contributed by atoms with Crippen molar-refractivity contribution in [3.63, 3.8) is 0 Å². The molecule has 0 saturated heterocycles. The molecule has 0 atom stereocenters. The van der Waals surface area contributed by atoms with Gasteiger partial charge >= 0.3 is 0 Å². The zero-order chi connectivity index (χ0) is 87.1. The van der Waals surface area contributed by atoms with E-state index in [0.717, 1.165) is 174 Å². The van der Waals surface area contributed by atoms with E-state index in [1.165, 1.54) is 60.9 Å². The van der Waals surface area contributed by atoms with Crippen LogP contribution >= 0.6 is 0 Å². The molecule has 129 heavy (non-hydrogen) atoms. The average molecular weight is 1660 g/mol. The molecule has 18 aromatic rings. The lowest BCUT2D eigenvalue weighted by molar-refractivity contribution is 0.418. The van der Waals surface area contributed by atoms with Crippen LogP contribution in [-0.4, -0.2) is 6.71 Å². The summed E-state index contributed by atoms with van der Waals surface area (Å²) in [6.45, 7) is 23.4. The van der Waals surface area contributed by atoms with Gasteiger partial charge in [0, 0.05) is 95.9 Å². The van der Waals surface area contributed by atoms with Gasteiger partial charge in [0.25, 0.3) is 6.71 Å². The number of hydrogen-bond acceptors (Lipinski definition) is 5. The second-order valence-electron chi connectivity index (χ2n) is 39.0. The number of nitrogens with zero attached hydrogens (tertiary/aromatic N) is 3. The van der Waals surface area contributed by atoms with Crippen molar-refractivity contribution in [1.29, 1.82) is 0 Å². The molecule has 0 radical (unpaired) electrons. The third-order valence-electron chi connectivity index (χ3n) is 28.8. The minimum absolute atomic E-state index is 0.302. The zero-order valence-corrected chi connectivity index (χ0v) is 74.3. The van der Waals surface area contributed by atoms with Gasteiger partial charge in [-0.25, -0.2) is 0 Å². The molecule has 0 bridgehead atoms. The van der Waals surface area contributed by atoms with Crippen LogP contribution in [0.15, 0.2) is 400 Å². The van der Waals surface area contributed by atoms with Gasteiger partial charge < -0.3 is 24.2 Å². The van der Waals surface area contributed by atoms with Crippen LogP contribution in [0, 0.1) is 0 Å². The standard InChI is InChI=1S/C123H96BN3O2/c1-119(2,3)87-69-92(79-42-20-13-21-43-79)117(94(71-87)84-48-36-46-81(64-84)77-38-16-11-17-39-77)126-108-75-114-102(121(7,8)99-57-31-34-60-112(99)128-114)73-104(108)124-105-74-103-115(129-113-61-35-32-58-100(113)122(103,9)10)76-109(105)127(118-93(80-44-22-14-23-45-80)70-88(120(4,5)6)72-95(118)85-49-37-47-82(65-85)78-40-18-12-19-41-78)111-68-86(67-110(126)116(111)124)83-62-63-107-101(66-83)123(96-54-28-26-52-90(96)91-53-27-29-55-97(91)123)98-56-30-33-59-106(98)125(107)89-50-24-15-25-51-89/h11-76H,1-10H3. The van der Waals surface area contributed by atoms with Crippen LogP contribution < -0.4 is 40.6 Å². The van der Waals surface area contributed by atoms with Crippen LogP contribution in [0.1, 0.15) is 125 Å². The minimum atomic E-state index is -0.772. The van der Waals surface area contributed by atoms with Crippen LogP contribution in [-0.2, 0) is 27.1 Å². The van der Waals surface area contributed by atoms with E-state index in [4.69, 9.17) is 9.47 Å². The predicted molar refractivity (Wildman–Crippen MR) is 539 cm³/mol. The van der Waals surface area contributed by atoms with Gasteiger partial charge in [-0.05, 0) is 218 Å². The summed E-state index contributed by atoms with van der Waals surface area (Å²) in [5.41, 5.74) is 40.6. The molecule has 1 spiro atoms. The summed E-state index contributed by atoms with van der Waals surface area (Å²) in [6, 6.07) is 152. The predicted octanol–water partition coefficient (Wildman–Crippen LogP) is 31.0. The molecular weight excluding hydrogens is 1560 g/mol. The Morgan fingerprint density at radius 2 is 0.581 bits per heavy atom. The molecule has 0 N–H and O–H groups in total. The fourth-order valence-corrected chi connectivity index (χ4v) is 22.4. The molecule has 0 fully saturated rings. The van der Waals surface area contributed by atoms with E-state index < -0.39 is 23.0 Å². The number of hydrogen-bond donors (Lipinski definition) is 0. The maximum atomic E-state index is 7.63. The fourth-order valence-electron chi connectivity index (χ4n) is 22.4. The number of ether oxygens (including phenoxy) is 2. The Morgan fingerprint density at radius 3 is 1.03 bits per heavy atom. The fraction of sp³-hybridized carbons (Fsp3) is 0.122. The van der Waals surface area contributed by atoms with Gasteiger partial charge in [-0.1, -0.05) is 366 Å². The maximum Gasteiger partial charge on any atom is 0.252 e. The number of rotatable bonds is 10. The Labute approximate surface area is 757 Å². The van der Waals surface area contributed by atoms with E-state index in [2.05, 4.69) is 484 Å². The lowest BCUT2D eigenvalue weighted by Crippen LogP contribution is -2.62. The molecular formula is C123H96BN3O2. The third-order valence-corrected chi connectivity index (χ3v) is 28.8. The average Bonchev–Trinajstić information content (AvgIpc) is 1.63. The molecule has 6 aliphatic rings. The van der Waals surface area contributed by atoms with Crippen LogP contribution in [0.25, 0.3) is 89.0 Å². The molecule has 0 unspecified atom stereocenters. The van der Waals surface area contributed by atoms with E-state index in [-0.39, 0.29) is 10.8 Å². The number of benzene rings is 18. The van der Waals surface area contributed by atoms with Gasteiger partial charge in [0.2, 0.25) is 0 Å². The van der Waals surface area contributed by atoms with Gasteiger partial charge in [0.15, 0.2) is 0 Å². The van der Waals surface area contributed by atoms with Crippen molar-refractivity contribution < 1.29 is 9.47 Å². The van der Waals surface area contributed by atoms with E-state index in [0.29, 0.717) is 0 Å². The van der Waals surface area contributed by atoms with Crippen molar-refractivity contribution in [3.05, 3.63) is 456 Å². The normalized spacial score (nSPS) is 14.5. The quantitative estimate of drug-likeness (QED) is 0.127. The van der Waals surface area contributed by atoms with Gasteiger partial charge in [0.05, 0.1) is 28.2 Å². The number of fused-ring (bicyclic) bond motifs is 17. The highest BCUT2D eigenvalue weighted by Crippen LogP contribution is 2.66. The van der Waals surface area contributed by atoms with Crippen LogP contribution in [0.4, 0.5) is 51.2 Å². The number of anilines is 9. The Bertz CT molecular complexity index is 7270. The van der Waals surface area contributed by atoms with Crippen molar-refractivity contribution in [2.45, 2.75) is 96.3 Å². The summed E-state index contributed by atoms with van der Waals surface area (Å²) in [5.74, 6) is 3.36. The van der Waals surface area contributed by atoms with Crippen LogP contribution in [0.3, 0.4) is 0 Å². The molecule has 5 nitrogen and oxygen atoms in total. The lowest BCUT2D eigenvalue weighted by Gasteiger charge is -2.48. The van der Waals surface area contributed by atoms with Crippen molar-refractivity contribution in [2.24, 2.45) is 0 Å². The summed E-state index contributed by atoms with van der Waals surface area (Å²) < 4.78 is 15.3. The SMILES string of the molecule is CC(C)(C)c1cc(-c2ccccc2)c(N2c3cc4c(cc3B3c5cc6c(cc5N(c5c(-c7ccccc7)cc(C(C)(C)C)cc5-c5cccc(-c7ccccc7)c5)c5cc(-c7ccc8c(c7)C7(c9ccccc9-c9ccccc97)c7ccccc7N8c7ccccc7)cc2c53)Oc2ccccc2C6(C)C)C(C)(C)c2ccccc2O4)c(-c2cccc(-c3ccccc3)c2)c1. The minimum Gasteiger partial charge on any atom is -0.457 e. The maximum absolute atomic E-state index is 7.63. The smallest absolute Gasteiger partial charge is 0.252 e. The van der Waals surface area contributed by atoms with Gasteiger partial charge in [-0.3, -0.25) is 0 Å². The summed E-state index contributed by atoms with van der Waals surface area (Å²) in [4.78, 5) is 7.99. The van der Waals surface area contributed by atoms with E-state index in [1.54, 1.807) is 0 Å². The Balaban J connectivity index is 0.906. The van der Waals surface area contributed by atoms with E-state index >= 15 is 0 Å². The first-order valence-electron chi connectivity index (χ1n) is 45.5. The largest absolute Gasteiger partial charge is 0.457 e. The summed E-state index contributed by atoms with van der Waals surface area (Å²) in [5, 5.41) is 0. The highest BCUT2D eigenvalue weighted by Gasteiger charge is 2.54. The van der Waals surface area contributed by atoms with Gasteiger partial charge in [-0.2, -0.15) is 0 Å². The summed E-state index contributed by atoms with van der Waals surface area (Å²) in [6.07, 6.45) is 0. The second kappa shape index (κ2) is 29.0. The van der Waals surface area contributed by atoms with Crippen LogP contribution in [0.2, 0.25) is 0 Å². The Hall–Kier alpha value is -15.0. The van der Waals surface area contributed by atoms with Gasteiger partial charge in [0.1, 0.15) is 23.0 Å². The Morgan fingerprint density at radius 1 is 0.225 bits per heavy atom. The van der Waals surface area contributed by atoms with Gasteiger partial charge in [-0.15, -0.1) is 0 Å². The second-order valence-corrected chi connectivity index (χ2v) is 39.0. The van der Waals surface area contributed by atoms with Crippen molar-refractivity contribution in [1.82, 2.24) is 0 Å². The molecule has 5 aliphatic heterocycles. The van der Waals surface area contributed by atoms with Crippen LogP contribution in [0.5, 0.6) is 23.0 Å². The molecule has 618 valence electrons. The molecule has 18 aromatic carbocycles. The summed E-state index contributed by atoms with van der Waals surface area (Å²) >= 11 is 0.